The molecule has 0 heterocycles. The van der Waals surface area contributed by atoms with Gasteiger partial charge in [0.1, 0.15) is 5.82 Å². The largest absolute Gasteiger partial charge is 0.416 e. The molecule has 2 N–H and O–H groups in total. The molecule has 0 fully saturated rings. The Morgan fingerprint density at radius 2 is 1.93 bits per heavy atom. The number of alkyl halides is 3. The lowest BCUT2D eigenvalue weighted by Gasteiger charge is -2.08. The van der Waals surface area contributed by atoms with Crippen molar-refractivity contribution in [3.8, 4) is 0 Å². The Morgan fingerprint density at radius 1 is 1.29 bits per heavy atom. The van der Waals surface area contributed by atoms with Crippen LogP contribution < -0.4 is 5.90 Å². The van der Waals surface area contributed by atoms with E-state index in [1.54, 1.807) is 0 Å². The summed E-state index contributed by atoms with van der Waals surface area (Å²) in [7, 11) is 0. The van der Waals surface area contributed by atoms with E-state index in [1.807, 2.05) is 0 Å². The highest BCUT2D eigenvalue weighted by molar-refractivity contribution is 5.26. The molecule has 1 aromatic rings. The van der Waals surface area contributed by atoms with E-state index in [4.69, 9.17) is 0 Å². The molecule has 0 bridgehead atoms. The zero-order valence-corrected chi connectivity index (χ0v) is 6.94. The van der Waals surface area contributed by atoms with Crippen LogP contribution in [0.3, 0.4) is 0 Å². The maximum absolute atomic E-state index is 12.8. The summed E-state index contributed by atoms with van der Waals surface area (Å²) in [6.07, 6.45) is -4.49. The summed E-state index contributed by atoms with van der Waals surface area (Å²) in [5.41, 5.74) is -1.15. The van der Waals surface area contributed by atoms with Crippen molar-refractivity contribution in [2.45, 2.75) is 12.8 Å². The zero-order valence-electron chi connectivity index (χ0n) is 6.94. The van der Waals surface area contributed by atoms with Gasteiger partial charge in [0.05, 0.1) is 12.2 Å². The predicted molar refractivity (Wildman–Crippen MR) is 40.4 cm³/mol. The molecule has 0 aliphatic carbocycles. The minimum Gasteiger partial charge on any atom is -0.300 e. The van der Waals surface area contributed by atoms with Crippen LogP contribution in [-0.2, 0) is 17.6 Å². The predicted octanol–water partition coefficient (Wildman–Crippen LogP) is 2.23. The van der Waals surface area contributed by atoms with Crippen molar-refractivity contribution < 1.29 is 22.4 Å². The first-order valence-corrected chi connectivity index (χ1v) is 3.62. The van der Waals surface area contributed by atoms with Crippen LogP contribution in [-0.4, -0.2) is 0 Å². The van der Waals surface area contributed by atoms with Crippen LogP contribution in [0.5, 0.6) is 0 Å². The molecule has 0 spiro atoms. The lowest BCUT2D eigenvalue weighted by Crippen LogP contribution is -2.08. The molecule has 0 aromatic heterocycles. The van der Waals surface area contributed by atoms with E-state index in [1.165, 1.54) is 0 Å². The van der Waals surface area contributed by atoms with Crippen molar-refractivity contribution in [1.29, 1.82) is 0 Å². The number of benzene rings is 1. The molecular formula is C8H7F4NO. The quantitative estimate of drug-likeness (QED) is 0.598. The van der Waals surface area contributed by atoms with Crippen LogP contribution in [0.4, 0.5) is 17.6 Å². The summed E-state index contributed by atoms with van der Waals surface area (Å²) >= 11 is 0. The van der Waals surface area contributed by atoms with Crippen molar-refractivity contribution in [3.63, 3.8) is 0 Å². The average Bonchev–Trinajstić information content (AvgIpc) is 2.07. The number of rotatable bonds is 2. The highest BCUT2D eigenvalue weighted by atomic mass is 19.4. The number of hydrogen-bond donors (Lipinski definition) is 1. The van der Waals surface area contributed by atoms with Crippen molar-refractivity contribution in [1.82, 2.24) is 0 Å². The van der Waals surface area contributed by atoms with Gasteiger partial charge < -0.3 is 0 Å². The minimum absolute atomic E-state index is 0.220. The van der Waals surface area contributed by atoms with Gasteiger partial charge in [-0.1, -0.05) is 0 Å². The van der Waals surface area contributed by atoms with Gasteiger partial charge in [0.15, 0.2) is 0 Å². The third kappa shape index (κ3) is 2.43. The molecule has 78 valence electrons. The fourth-order valence-corrected chi connectivity index (χ4v) is 0.951. The molecule has 0 aliphatic rings. The molecule has 2 nitrogen and oxygen atoms in total. The van der Waals surface area contributed by atoms with Gasteiger partial charge in [0.25, 0.3) is 0 Å². The van der Waals surface area contributed by atoms with Crippen molar-refractivity contribution in [2.75, 3.05) is 0 Å². The van der Waals surface area contributed by atoms with Crippen LogP contribution in [0.1, 0.15) is 11.1 Å². The van der Waals surface area contributed by atoms with Gasteiger partial charge in [-0.15, -0.1) is 0 Å². The smallest absolute Gasteiger partial charge is 0.300 e. The van der Waals surface area contributed by atoms with Gasteiger partial charge in [-0.05, 0) is 18.2 Å². The molecule has 0 radical (unpaired) electrons. The standard InChI is InChI=1S/C8H7F4NO/c9-7-2-1-6(8(10,11)12)3-5(7)4-14-13/h1-3H,4,13H2. The van der Waals surface area contributed by atoms with Crippen LogP contribution in [0.25, 0.3) is 0 Å². The van der Waals surface area contributed by atoms with Gasteiger partial charge in [-0.25, -0.2) is 10.3 Å². The fraction of sp³-hybridized carbons (Fsp3) is 0.250. The SMILES string of the molecule is NOCc1cc(C(F)(F)F)ccc1F. The molecule has 0 aliphatic heterocycles. The van der Waals surface area contributed by atoms with Gasteiger partial charge in [-0.2, -0.15) is 13.2 Å². The fourth-order valence-electron chi connectivity index (χ4n) is 0.951. The van der Waals surface area contributed by atoms with Gasteiger partial charge in [-0.3, -0.25) is 4.84 Å². The molecular weight excluding hydrogens is 202 g/mol. The van der Waals surface area contributed by atoms with E-state index in [0.717, 1.165) is 6.07 Å². The minimum atomic E-state index is -4.49. The first-order chi connectivity index (χ1) is 6.45. The Morgan fingerprint density at radius 3 is 2.43 bits per heavy atom. The van der Waals surface area contributed by atoms with Crippen LogP contribution in [0.2, 0.25) is 0 Å². The molecule has 0 amide bonds. The van der Waals surface area contributed by atoms with Gasteiger partial charge in [0.2, 0.25) is 0 Å². The third-order valence-electron chi connectivity index (χ3n) is 1.61. The van der Waals surface area contributed by atoms with Crippen LogP contribution in [0.15, 0.2) is 18.2 Å². The van der Waals surface area contributed by atoms with Gasteiger partial charge in [0, 0.05) is 5.56 Å². The lowest BCUT2D eigenvalue weighted by molar-refractivity contribution is -0.137. The van der Waals surface area contributed by atoms with E-state index in [-0.39, 0.29) is 5.56 Å². The van der Waals surface area contributed by atoms with Crippen LogP contribution >= 0.6 is 0 Å². The highest BCUT2D eigenvalue weighted by Gasteiger charge is 2.30. The molecule has 0 atom stereocenters. The molecule has 1 aromatic carbocycles. The summed E-state index contributed by atoms with van der Waals surface area (Å²) in [6.45, 7) is -0.393. The summed E-state index contributed by atoms with van der Waals surface area (Å²) in [4.78, 5) is 4.07. The zero-order chi connectivity index (χ0) is 10.8. The van der Waals surface area contributed by atoms with E-state index < -0.39 is 24.2 Å². The second-order valence-corrected chi connectivity index (χ2v) is 2.61. The Labute approximate surface area is 77.2 Å². The molecule has 1 rings (SSSR count). The molecule has 0 saturated heterocycles. The van der Waals surface area contributed by atoms with Crippen LogP contribution in [0, 0.1) is 5.82 Å². The van der Waals surface area contributed by atoms with E-state index in [9.17, 15) is 17.6 Å². The Bertz CT molecular complexity index is 324. The topological polar surface area (TPSA) is 35.2 Å². The molecule has 14 heavy (non-hydrogen) atoms. The second kappa shape index (κ2) is 3.93. The van der Waals surface area contributed by atoms with E-state index in [0.29, 0.717) is 12.1 Å². The average molecular weight is 209 g/mol. The number of hydrogen-bond acceptors (Lipinski definition) is 2. The summed E-state index contributed by atoms with van der Waals surface area (Å²) in [5, 5.41) is 0. The maximum atomic E-state index is 12.8. The second-order valence-electron chi connectivity index (χ2n) is 2.61. The highest BCUT2D eigenvalue weighted by Crippen LogP contribution is 2.30. The summed E-state index contributed by atoms with van der Waals surface area (Å²) < 4.78 is 49.3. The maximum Gasteiger partial charge on any atom is 0.416 e. The summed E-state index contributed by atoms with van der Waals surface area (Å²) in [6, 6.07) is 2.06. The normalized spacial score (nSPS) is 11.8. The number of halogens is 4. The Kier molecular flexibility index (Phi) is 3.07. The Hall–Kier alpha value is -1.14. The first kappa shape index (κ1) is 10.9. The monoisotopic (exact) mass is 209 g/mol. The van der Waals surface area contributed by atoms with E-state index in [2.05, 4.69) is 10.7 Å². The summed E-state index contributed by atoms with van der Waals surface area (Å²) in [5.74, 6) is 3.87. The first-order valence-electron chi connectivity index (χ1n) is 3.62. The Balaban J connectivity index is 3.06. The van der Waals surface area contributed by atoms with Crippen molar-refractivity contribution >= 4 is 0 Å². The molecule has 0 unspecified atom stereocenters. The van der Waals surface area contributed by atoms with E-state index >= 15 is 0 Å². The molecule has 6 heteroatoms. The van der Waals surface area contributed by atoms with Gasteiger partial charge >= 0.3 is 6.18 Å². The third-order valence-corrected chi connectivity index (χ3v) is 1.61. The molecule has 0 saturated carbocycles. The van der Waals surface area contributed by atoms with Crippen molar-refractivity contribution in [2.24, 2.45) is 5.90 Å². The number of nitrogens with two attached hydrogens (primary N) is 1. The lowest BCUT2D eigenvalue weighted by atomic mass is 10.1. The van der Waals surface area contributed by atoms with Crippen molar-refractivity contribution in [3.05, 3.63) is 35.1 Å².